The van der Waals surface area contributed by atoms with E-state index in [1.54, 1.807) is 17.6 Å². The van der Waals surface area contributed by atoms with Crippen molar-refractivity contribution < 1.29 is 19.0 Å². The van der Waals surface area contributed by atoms with Gasteiger partial charge in [0, 0.05) is 25.6 Å². The molecule has 11 nitrogen and oxygen atoms in total. The number of nitrogens with two attached hydrogens (primary N) is 1. The topological polar surface area (TPSA) is 164 Å². The van der Waals surface area contributed by atoms with Crippen molar-refractivity contribution in [1.29, 1.82) is 0 Å². The van der Waals surface area contributed by atoms with E-state index in [9.17, 15) is 24.1 Å². The molecule has 0 unspecified atom stereocenters. The number of nitro groups is 1. The Hall–Kier alpha value is -2.99. The lowest BCUT2D eigenvalue weighted by molar-refractivity contribution is -0.525. The van der Waals surface area contributed by atoms with Gasteiger partial charge in [-0.05, 0) is 31.4 Å². The number of nitrogens with one attached hydrogen (secondary N) is 4. The van der Waals surface area contributed by atoms with E-state index < -0.39 is 16.9 Å². The van der Waals surface area contributed by atoms with E-state index in [1.165, 1.54) is 12.1 Å². The highest BCUT2D eigenvalue weighted by Gasteiger charge is 2.30. The predicted octanol–water partition coefficient (Wildman–Crippen LogP) is 0.689. The van der Waals surface area contributed by atoms with Crippen molar-refractivity contribution in [3.8, 4) is 0 Å². The summed E-state index contributed by atoms with van der Waals surface area (Å²) in [5.41, 5.74) is 7.17. The molecule has 1 aromatic rings. The van der Waals surface area contributed by atoms with E-state index in [1.807, 2.05) is 0 Å². The number of halogens is 2. The van der Waals surface area contributed by atoms with Crippen LogP contribution in [0.3, 0.4) is 0 Å². The van der Waals surface area contributed by atoms with Crippen LogP contribution in [0.25, 0.3) is 0 Å². The Balaban J connectivity index is 0.00000480. The van der Waals surface area contributed by atoms with Gasteiger partial charge in [-0.25, -0.2) is 19.5 Å². The van der Waals surface area contributed by atoms with Gasteiger partial charge in [0.15, 0.2) is 5.03 Å². The van der Waals surface area contributed by atoms with E-state index in [-0.39, 0.29) is 41.9 Å². The van der Waals surface area contributed by atoms with Crippen LogP contribution in [0.1, 0.15) is 32.1 Å². The molecule has 0 bridgehead atoms. The zero-order valence-electron chi connectivity index (χ0n) is 16.8. The second-order valence-electron chi connectivity index (χ2n) is 6.88. The van der Waals surface area contributed by atoms with Crippen LogP contribution in [0.5, 0.6) is 0 Å². The van der Waals surface area contributed by atoms with Crippen molar-refractivity contribution in [1.82, 2.24) is 16.1 Å². The first kappa shape index (κ1) is 26.0. The fraction of sp³-hybridized carbons (Fsp3) is 0.500. The monoisotopic (exact) mass is 459 g/mol. The van der Waals surface area contributed by atoms with Crippen molar-refractivity contribution in [2.45, 2.75) is 44.2 Å². The molecule has 0 aliphatic carbocycles. The van der Waals surface area contributed by atoms with Crippen molar-refractivity contribution in [3.63, 3.8) is 0 Å². The maximum absolute atomic E-state index is 13.6. The molecular weight excluding hydrogens is 433 g/mol. The minimum Gasteiger partial charge on any atom is -0.365 e. The van der Waals surface area contributed by atoms with Gasteiger partial charge in [-0.2, -0.15) is 0 Å². The molecule has 1 aliphatic heterocycles. The normalized spacial score (nSPS) is 18.0. The summed E-state index contributed by atoms with van der Waals surface area (Å²) in [6.07, 6.45) is 2.76. The Morgan fingerprint density at radius 3 is 2.74 bits per heavy atom. The number of anilines is 1. The predicted molar refractivity (Wildman–Crippen MR) is 116 cm³/mol. The third-order valence-corrected chi connectivity index (χ3v) is 4.49. The van der Waals surface area contributed by atoms with Gasteiger partial charge in [-0.15, -0.1) is 12.4 Å². The van der Waals surface area contributed by atoms with E-state index in [2.05, 4.69) is 20.9 Å². The number of rotatable bonds is 10. The van der Waals surface area contributed by atoms with Crippen LogP contribution in [0.15, 0.2) is 29.3 Å². The van der Waals surface area contributed by atoms with Crippen molar-refractivity contribution in [2.75, 3.05) is 18.4 Å². The summed E-state index contributed by atoms with van der Waals surface area (Å²) in [6.45, 7) is 0.790. The second-order valence-corrected chi connectivity index (χ2v) is 6.88. The summed E-state index contributed by atoms with van der Waals surface area (Å²) in [7, 11) is 0. The van der Waals surface area contributed by atoms with E-state index in [0.29, 0.717) is 38.8 Å². The first-order valence-electron chi connectivity index (χ1n) is 9.64. The van der Waals surface area contributed by atoms with Gasteiger partial charge >= 0.3 is 0 Å². The smallest absolute Gasteiger partial charge is 0.251 e. The van der Waals surface area contributed by atoms with Crippen LogP contribution in [0.4, 0.5) is 10.1 Å². The average molecular weight is 460 g/mol. The molecule has 172 valence electrons. The minimum absolute atomic E-state index is 0. The number of amides is 2. The first-order chi connectivity index (χ1) is 14.3. The summed E-state index contributed by atoms with van der Waals surface area (Å²) in [6, 6.07) is 5.25. The molecule has 0 radical (unpaired) electrons. The lowest BCUT2D eigenvalue weighted by Crippen LogP contribution is -2.36. The summed E-state index contributed by atoms with van der Waals surface area (Å²) >= 11 is 0. The van der Waals surface area contributed by atoms with E-state index >= 15 is 0 Å². The summed E-state index contributed by atoms with van der Waals surface area (Å²) in [5.74, 6) is -1.21. The molecule has 6 N–H and O–H groups in total. The molecule has 1 fully saturated rings. The third kappa shape index (κ3) is 9.57. The number of hydrogen-bond acceptors (Lipinski definition) is 6. The molecule has 31 heavy (non-hydrogen) atoms. The molecule has 1 aromatic carbocycles. The lowest BCUT2D eigenvalue weighted by Gasteiger charge is -2.13. The number of guanidine groups is 1. The summed E-state index contributed by atoms with van der Waals surface area (Å²) in [5, 5.41) is 17.8. The van der Waals surface area contributed by atoms with Crippen LogP contribution in [-0.2, 0) is 9.59 Å². The number of aliphatic imine (C=N–C) groups is 1. The van der Waals surface area contributed by atoms with Gasteiger partial charge in [0.25, 0.3) is 5.96 Å². The SMILES string of the molecule is Cl.NC(=NCCCCCC(=O)N[C@@H]1CN[C@H](C(=O)Nc2ccccc2F)C1)N[N+](=O)[O-]. The Bertz CT molecular complexity index is 796. The number of para-hydroxylation sites is 1. The number of hydrogen-bond donors (Lipinski definition) is 5. The van der Waals surface area contributed by atoms with Crippen molar-refractivity contribution in [3.05, 3.63) is 40.2 Å². The molecule has 0 spiro atoms. The van der Waals surface area contributed by atoms with Crippen LogP contribution >= 0.6 is 12.4 Å². The maximum Gasteiger partial charge on any atom is 0.251 e. The highest BCUT2D eigenvalue weighted by molar-refractivity contribution is 5.95. The molecule has 13 heteroatoms. The molecule has 2 atom stereocenters. The number of benzene rings is 1. The Morgan fingerprint density at radius 1 is 1.29 bits per heavy atom. The fourth-order valence-electron chi connectivity index (χ4n) is 3.03. The number of hydrazine groups is 1. The van der Waals surface area contributed by atoms with E-state index in [4.69, 9.17) is 5.73 Å². The van der Waals surface area contributed by atoms with Crippen LogP contribution < -0.4 is 27.1 Å². The van der Waals surface area contributed by atoms with Gasteiger partial charge in [-0.3, -0.25) is 9.59 Å². The van der Waals surface area contributed by atoms with Crippen LogP contribution in [-0.4, -0.2) is 48.0 Å². The quantitative estimate of drug-likeness (QED) is 0.113. The Labute approximate surface area is 185 Å². The van der Waals surface area contributed by atoms with Gasteiger partial charge in [0.1, 0.15) is 5.82 Å². The largest absolute Gasteiger partial charge is 0.365 e. The summed E-state index contributed by atoms with van der Waals surface area (Å²) in [4.78, 5) is 38.3. The highest BCUT2D eigenvalue weighted by Crippen LogP contribution is 2.15. The summed E-state index contributed by atoms with van der Waals surface area (Å²) < 4.78 is 13.6. The average Bonchev–Trinajstić information content (AvgIpc) is 3.14. The molecule has 0 saturated carbocycles. The second kappa shape index (κ2) is 13.3. The zero-order chi connectivity index (χ0) is 21.9. The zero-order valence-corrected chi connectivity index (χ0v) is 17.6. The Morgan fingerprint density at radius 2 is 2.03 bits per heavy atom. The number of unbranched alkanes of at least 4 members (excludes halogenated alkanes) is 2. The van der Waals surface area contributed by atoms with Crippen molar-refractivity contribution >= 4 is 35.9 Å². The van der Waals surface area contributed by atoms with Crippen LogP contribution in [0.2, 0.25) is 0 Å². The Kier molecular flexibility index (Phi) is 11.2. The lowest BCUT2D eigenvalue weighted by atomic mass is 10.1. The fourth-order valence-corrected chi connectivity index (χ4v) is 3.03. The minimum atomic E-state index is -0.783. The van der Waals surface area contributed by atoms with Gasteiger partial charge < -0.3 is 21.7 Å². The molecule has 1 saturated heterocycles. The molecule has 2 rings (SSSR count). The molecule has 1 heterocycles. The third-order valence-electron chi connectivity index (χ3n) is 4.49. The highest BCUT2D eigenvalue weighted by atomic mass is 35.5. The van der Waals surface area contributed by atoms with Crippen molar-refractivity contribution in [2.24, 2.45) is 10.7 Å². The number of nitrogens with zero attached hydrogens (tertiary/aromatic N) is 2. The molecular formula is C18H27ClFN7O4. The van der Waals surface area contributed by atoms with Gasteiger partial charge in [0.2, 0.25) is 11.8 Å². The molecule has 0 aromatic heterocycles. The maximum atomic E-state index is 13.6. The first-order valence-corrected chi connectivity index (χ1v) is 9.64. The van der Waals surface area contributed by atoms with E-state index in [0.717, 1.165) is 6.42 Å². The van der Waals surface area contributed by atoms with Gasteiger partial charge in [0.05, 0.1) is 11.7 Å². The molecule has 1 aliphatic rings. The number of carbonyl (C=O) groups is 2. The number of carbonyl (C=O) groups excluding carboxylic acids is 2. The van der Waals surface area contributed by atoms with Gasteiger partial charge in [-0.1, -0.05) is 24.0 Å². The molecule has 2 amide bonds. The van der Waals surface area contributed by atoms with Crippen LogP contribution in [0, 0.1) is 15.9 Å². The standard InChI is InChI=1S/C18H26FN7O4.ClH/c19-13-6-3-4-7-14(13)24-17(28)15-10-12(11-22-15)23-16(27)8-2-1-5-9-21-18(20)25-26(29)30;/h3-4,6-7,12,15,22H,1-2,5,8-11H2,(H,23,27)(H,24,28)(H3,20,21,25);1H/t12-,15-;/m0./s1.